The predicted octanol–water partition coefficient (Wildman–Crippen LogP) is 2.76. The first kappa shape index (κ1) is 19.7. The number of piperidine rings is 1. The molecular formula is C19H24F3N3O2. The monoisotopic (exact) mass is 383 g/mol. The van der Waals surface area contributed by atoms with Crippen molar-refractivity contribution in [2.45, 2.75) is 31.9 Å². The number of carbonyl (C=O) groups excluding carboxylic acids is 2. The molecule has 0 saturated carbocycles. The highest BCUT2D eigenvalue weighted by Gasteiger charge is 2.31. The maximum Gasteiger partial charge on any atom is 0.416 e. The highest BCUT2D eigenvalue weighted by atomic mass is 19.4. The number of nitrogens with zero attached hydrogens (tertiary/aromatic N) is 3. The van der Waals surface area contributed by atoms with Gasteiger partial charge in [0, 0.05) is 51.3 Å². The standard InChI is InChI=1S/C19H24F3N3O2/c20-19(21,22)15-4-1-5-16(14-15)24-12-10-23(11-13-24)8-3-9-25-17(26)6-2-7-18(25)27/h1,4-5,14H,2-3,6-13H2. The quantitative estimate of drug-likeness (QED) is 0.734. The first-order valence-electron chi connectivity index (χ1n) is 9.32. The summed E-state index contributed by atoms with van der Waals surface area (Å²) in [5.41, 5.74) is -0.0349. The summed E-state index contributed by atoms with van der Waals surface area (Å²) >= 11 is 0. The van der Waals surface area contributed by atoms with Crippen molar-refractivity contribution in [1.82, 2.24) is 9.80 Å². The molecule has 5 nitrogen and oxygen atoms in total. The highest BCUT2D eigenvalue weighted by Crippen LogP contribution is 2.31. The Bertz CT molecular complexity index is 669. The van der Waals surface area contributed by atoms with Crippen LogP contribution < -0.4 is 4.90 Å². The number of hydrogen-bond donors (Lipinski definition) is 0. The zero-order chi connectivity index (χ0) is 19.4. The number of likely N-dealkylation sites (tertiary alicyclic amines) is 1. The molecule has 2 saturated heterocycles. The Balaban J connectivity index is 1.45. The minimum atomic E-state index is -4.33. The average molecular weight is 383 g/mol. The van der Waals surface area contributed by atoms with Crippen LogP contribution in [0, 0.1) is 0 Å². The number of piperazine rings is 1. The SMILES string of the molecule is O=C1CCCC(=O)N1CCCN1CCN(c2cccc(C(F)(F)F)c2)CC1. The molecule has 0 aromatic heterocycles. The van der Waals surface area contributed by atoms with E-state index in [0.717, 1.165) is 32.1 Å². The van der Waals surface area contributed by atoms with Gasteiger partial charge in [0.2, 0.25) is 11.8 Å². The number of amides is 2. The Morgan fingerprint density at radius 1 is 0.926 bits per heavy atom. The molecule has 8 heteroatoms. The van der Waals surface area contributed by atoms with Crippen LogP contribution in [0.25, 0.3) is 0 Å². The molecule has 0 aliphatic carbocycles. The van der Waals surface area contributed by atoms with E-state index in [2.05, 4.69) is 4.90 Å². The summed E-state index contributed by atoms with van der Waals surface area (Å²) in [5.74, 6) is -0.166. The van der Waals surface area contributed by atoms with Crippen LogP contribution in [-0.2, 0) is 15.8 Å². The molecule has 3 rings (SSSR count). The molecule has 0 N–H and O–H groups in total. The molecule has 1 aromatic carbocycles. The lowest BCUT2D eigenvalue weighted by atomic mass is 10.1. The third kappa shape index (κ3) is 5.00. The minimum absolute atomic E-state index is 0.0828. The molecular weight excluding hydrogens is 359 g/mol. The van der Waals surface area contributed by atoms with Crippen LogP contribution in [0.4, 0.5) is 18.9 Å². The second-order valence-electron chi connectivity index (χ2n) is 7.02. The first-order chi connectivity index (χ1) is 12.8. The van der Waals surface area contributed by atoms with Crippen molar-refractivity contribution in [3.63, 3.8) is 0 Å². The molecule has 0 unspecified atom stereocenters. The Hall–Kier alpha value is -2.09. The summed E-state index contributed by atoms with van der Waals surface area (Å²) in [6.07, 6.45) is -2.07. The van der Waals surface area contributed by atoms with E-state index < -0.39 is 11.7 Å². The number of carbonyl (C=O) groups is 2. The summed E-state index contributed by atoms with van der Waals surface area (Å²) in [6, 6.07) is 5.43. The van der Waals surface area contributed by atoms with Gasteiger partial charge in [-0.3, -0.25) is 19.4 Å². The molecule has 0 atom stereocenters. The number of rotatable bonds is 5. The number of alkyl halides is 3. The van der Waals surface area contributed by atoms with Crippen molar-refractivity contribution in [1.29, 1.82) is 0 Å². The fourth-order valence-corrected chi connectivity index (χ4v) is 3.61. The maximum atomic E-state index is 12.9. The second-order valence-corrected chi connectivity index (χ2v) is 7.02. The molecule has 27 heavy (non-hydrogen) atoms. The number of hydrogen-bond acceptors (Lipinski definition) is 4. The van der Waals surface area contributed by atoms with Crippen LogP contribution in [0.3, 0.4) is 0 Å². The minimum Gasteiger partial charge on any atom is -0.369 e. The van der Waals surface area contributed by atoms with Gasteiger partial charge in [0.25, 0.3) is 0 Å². The van der Waals surface area contributed by atoms with Crippen LogP contribution in [0.2, 0.25) is 0 Å². The van der Waals surface area contributed by atoms with Gasteiger partial charge in [-0.2, -0.15) is 13.2 Å². The summed E-state index contributed by atoms with van der Waals surface area (Å²) in [7, 11) is 0. The van der Waals surface area contributed by atoms with Crippen molar-refractivity contribution >= 4 is 17.5 Å². The molecule has 0 spiro atoms. The van der Waals surface area contributed by atoms with Gasteiger partial charge in [-0.1, -0.05) is 6.07 Å². The lowest BCUT2D eigenvalue weighted by Crippen LogP contribution is -2.47. The van der Waals surface area contributed by atoms with E-state index in [9.17, 15) is 22.8 Å². The van der Waals surface area contributed by atoms with Crippen molar-refractivity contribution < 1.29 is 22.8 Å². The van der Waals surface area contributed by atoms with E-state index in [1.54, 1.807) is 6.07 Å². The van der Waals surface area contributed by atoms with Gasteiger partial charge in [0.1, 0.15) is 0 Å². The van der Waals surface area contributed by atoms with Crippen molar-refractivity contribution in [3.05, 3.63) is 29.8 Å². The predicted molar refractivity (Wildman–Crippen MR) is 95.3 cm³/mol. The topological polar surface area (TPSA) is 43.9 Å². The Labute approximate surface area is 156 Å². The first-order valence-corrected chi connectivity index (χ1v) is 9.32. The Morgan fingerprint density at radius 2 is 1.59 bits per heavy atom. The number of anilines is 1. The Kier molecular flexibility index (Phi) is 6.04. The molecule has 2 amide bonds. The van der Waals surface area contributed by atoms with E-state index >= 15 is 0 Å². The maximum absolute atomic E-state index is 12.9. The van der Waals surface area contributed by atoms with E-state index in [-0.39, 0.29) is 11.8 Å². The van der Waals surface area contributed by atoms with Crippen molar-refractivity contribution in [2.75, 3.05) is 44.2 Å². The van der Waals surface area contributed by atoms with E-state index in [0.29, 0.717) is 44.6 Å². The molecule has 0 radical (unpaired) electrons. The molecule has 2 fully saturated rings. The van der Waals surface area contributed by atoms with Gasteiger partial charge in [-0.05, 0) is 37.6 Å². The van der Waals surface area contributed by atoms with Crippen LogP contribution in [0.5, 0.6) is 0 Å². The molecule has 2 heterocycles. The normalized spacial score (nSPS) is 19.7. The number of halogens is 3. The van der Waals surface area contributed by atoms with Gasteiger partial charge in [0.15, 0.2) is 0 Å². The molecule has 0 bridgehead atoms. The lowest BCUT2D eigenvalue weighted by Gasteiger charge is -2.36. The van der Waals surface area contributed by atoms with Crippen LogP contribution in [0.1, 0.15) is 31.2 Å². The van der Waals surface area contributed by atoms with E-state index in [1.165, 1.54) is 17.0 Å². The molecule has 148 valence electrons. The zero-order valence-electron chi connectivity index (χ0n) is 15.2. The third-order valence-corrected chi connectivity index (χ3v) is 5.15. The molecule has 1 aromatic rings. The average Bonchev–Trinajstić information content (AvgIpc) is 2.64. The third-order valence-electron chi connectivity index (χ3n) is 5.15. The van der Waals surface area contributed by atoms with Gasteiger partial charge in [-0.25, -0.2) is 0 Å². The number of imide groups is 1. The Morgan fingerprint density at radius 3 is 2.22 bits per heavy atom. The smallest absolute Gasteiger partial charge is 0.369 e. The van der Waals surface area contributed by atoms with E-state index in [4.69, 9.17) is 0 Å². The molecule has 2 aliphatic rings. The zero-order valence-corrected chi connectivity index (χ0v) is 15.2. The summed E-state index contributed by atoms with van der Waals surface area (Å²) in [4.78, 5) is 29.1. The van der Waals surface area contributed by atoms with Crippen LogP contribution >= 0.6 is 0 Å². The van der Waals surface area contributed by atoms with Gasteiger partial charge in [-0.15, -0.1) is 0 Å². The lowest BCUT2D eigenvalue weighted by molar-refractivity contribution is -0.148. The summed E-state index contributed by atoms with van der Waals surface area (Å²) in [6.45, 7) is 4.03. The molecule has 2 aliphatic heterocycles. The van der Waals surface area contributed by atoms with E-state index in [1.807, 2.05) is 4.90 Å². The summed E-state index contributed by atoms with van der Waals surface area (Å²) in [5, 5.41) is 0. The largest absolute Gasteiger partial charge is 0.416 e. The van der Waals surface area contributed by atoms with Crippen molar-refractivity contribution in [2.24, 2.45) is 0 Å². The van der Waals surface area contributed by atoms with Gasteiger partial charge < -0.3 is 4.90 Å². The number of benzene rings is 1. The van der Waals surface area contributed by atoms with Crippen LogP contribution in [-0.4, -0.2) is 60.9 Å². The van der Waals surface area contributed by atoms with Crippen molar-refractivity contribution in [3.8, 4) is 0 Å². The summed E-state index contributed by atoms with van der Waals surface area (Å²) < 4.78 is 38.6. The van der Waals surface area contributed by atoms with Crippen LogP contribution in [0.15, 0.2) is 24.3 Å². The highest BCUT2D eigenvalue weighted by molar-refractivity contribution is 5.97. The second kappa shape index (κ2) is 8.29. The fourth-order valence-electron chi connectivity index (χ4n) is 3.61. The van der Waals surface area contributed by atoms with Gasteiger partial charge >= 0.3 is 6.18 Å². The van der Waals surface area contributed by atoms with Gasteiger partial charge in [0.05, 0.1) is 5.56 Å². The fraction of sp³-hybridized carbons (Fsp3) is 0.579.